The Hall–Kier alpha value is -1.07. The minimum absolute atomic E-state index is 0.102. The van der Waals surface area contributed by atoms with Crippen molar-refractivity contribution < 1.29 is 9.90 Å². The van der Waals surface area contributed by atoms with E-state index in [1.165, 1.54) is 6.20 Å². The zero-order valence-corrected chi connectivity index (χ0v) is 12.2. The highest BCUT2D eigenvalue weighted by Crippen LogP contribution is 2.46. The minimum atomic E-state index is -0.742. The molecule has 5 nitrogen and oxygen atoms in total. The SMILES string of the molecule is O=C(O)C1C2CCC(CC2)C1Nc1nc(Cl)ncc1Cl. The lowest BCUT2D eigenvalue weighted by atomic mass is 9.61. The van der Waals surface area contributed by atoms with Gasteiger partial charge in [-0.25, -0.2) is 4.98 Å². The van der Waals surface area contributed by atoms with Gasteiger partial charge in [0.2, 0.25) is 5.28 Å². The highest BCUT2D eigenvalue weighted by atomic mass is 35.5. The van der Waals surface area contributed by atoms with Crippen LogP contribution in [0.1, 0.15) is 25.7 Å². The molecule has 7 heteroatoms. The van der Waals surface area contributed by atoms with Gasteiger partial charge in [0, 0.05) is 6.04 Å². The summed E-state index contributed by atoms with van der Waals surface area (Å²) in [6, 6.07) is -0.136. The van der Waals surface area contributed by atoms with Crippen LogP contribution in [-0.2, 0) is 4.79 Å². The molecule has 2 unspecified atom stereocenters. The smallest absolute Gasteiger partial charge is 0.308 e. The number of halogens is 2. The maximum absolute atomic E-state index is 11.6. The Labute approximate surface area is 126 Å². The van der Waals surface area contributed by atoms with Crippen molar-refractivity contribution in [2.75, 3.05) is 5.32 Å². The van der Waals surface area contributed by atoms with Crippen LogP contribution in [0.25, 0.3) is 0 Å². The summed E-state index contributed by atoms with van der Waals surface area (Å²) in [4.78, 5) is 19.4. The van der Waals surface area contributed by atoms with Gasteiger partial charge in [0.25, 0.3) is 0 Å². The Morgan fingerprint density at radius 3 is 2.55 bits per heavy atom. The fourth-order valence-corrected chi connectivity index (χ4v) is 3.90. The maximum atomic E-state index is 11.6. The molecule has 0 amide bonds. The summed E-state index contributed by atoms with van der Waals surface area (Å²) in [5, 5.41) is 13.2. The average molecular weight is 316 g/mol. The number of aliphatic carboxylic acids is 1. The summed E-state index contributed by atoms with van der Waals surface area (Å²) in [6.07, 6.45) is 5.54. The molecule has 2 atom stereocenters. The van der Waals surface area contributed by atoms with Gasteiger partial charge in [0.15, 0.2) is 0 Å². The van der Waals surface area contributed by atoms with Crippen LogP contribution in [0.3, 0.4) is 0 Å². The van der Waals surface area contributed by atoms with Gasteiger partial charge in [-0.1, -0.05) is 11.6 Å². The molecule has 1 aromatic rings. The van der Waals surface area contributed by atoms with Gasteiger partial charge in [-0.15, -0.1) is 0 Å². The number of fused-ring (bicyclic) bond motifs is 3. The summed E-state index contributed by atoms with van der Waals surface area (Å²) in [7, 11) is 0. The molecule has 2 N–H and O–H groups in total. The third kappa shape index (κ3) is 2.44. The topological polar surface area (TPSA) is 75.1 Å². The molecule has 3 aliphatic rings. The van der Waals surface area contributed by atoms with E-state index in [9.17, 15) is 9.90 Å². The fourth-order valence-electron chi connectivity index (χ4n) is 3.62. The Morgan fingerprint density at radius 2 is 1.90 bits per heavy atom. The van der Waals surface area contributed by atoms with E-state index < -0.39 is 5.97 Å². The van der Waals surface area contributed by atoms with Gasteiger partial charge in [-0.05, 0) is 49.1 Å². The minimum Gasteiger partial charge on any atom is -0.481 e. The van der Waals surface area contributed by atoms with Crippen molar-refractivity contribution in [3.8, 4) is 0 Å². The Kier molecular flexibility index (Phi) is 3.73. The fraction of sp³-hybridized carbons (Fsp3) is 0.615. The van der Waals surface area contributed by atoms with E-state index in [-0.39, 0.29) is 23.2 Å². The Bertz CT molecular complexity index is 532. The van der Waals surface area contributed by atoms with E-state index in [2.05, 4.69) is 15.3 Å². The van der Waals surface area contributed by atoms with Gasteiger partial charge in [-0.3, -0.25) is 4.79 Å². The first-order valence-electron chi connectivity index (χ1n) is 6.73. The molecular formula is C13H15Cl2N3O2. The molecule has 108 valence electrons. The van der Waals surface area contributed by atoms with Crippen molar-refractivity contribution in [3.05, 3.63) is 16.5 Å². The molecule has 1 aromatic heterocycles. The highest BCUT2D eigenvalue weighted by Gasteiger charge is 2.47. The molecule has 3 fully saturated rings. The number of carboxylic acids is 1. The molecule has 1 heterocycles. The van der Waals surface area contributed by atoms with Crippen LogP contribution in [0.15, 0.2) is 6.20 Å². The summed E-state index contributed by atoms with van der Waals surface area (Å²) < 4.78 is 0. The molecule has 3 aliphatic carbocycles. The van der Waals surface area contributed by atoms with Crippen LogP contribution in [-0.4, -0.2) is 27.1 Å². The van der Waals surface area contributed by atoms with E-state index in [4.69, 9.17) is 23.2 Å². The van der Waals surface area contributed by atoms with Gasteiger partial charge in [0.1, 0.15) is 10.8 Å². The normalized spacial score (nSPS) is 32.1. The summed E-state index contributed by atoms with van der Waals surface area (Å²) in [6.45, 7) is 0. The number of nitrogens with one attached hydrogen (secondary N) is 1. The van der Waals surface area contributed by atoms with Crippen LogP contribution < -0.4 is 5.32 Å². The molecular weight excluding hydrogens is 301 g/mol. The lowest BCUT2D eigenvalue weighted by molar-refractivity contribution is -0.148. The summed E-state index contributed by atoms with van der Waals surface area (Å²) in [5.41, 5.74) is 0. The summed E-state index contributed by atoms with van der Waals surface area (Å²) >= 11 is 11.8. The summed E-state index contributed by atoms with van der Waals surface area (Å²) in [5.74, 6) is -0.104. The van der Waals surface area contributed by atoms with Crippen LogP contribution in [0, 0.1) is 17.8 Å². The zero-order valence-electron chi connectivity index (χ0n) is 10.7. The number of carbonyl (C=O) groups is 1. The van der Waals surface area contributed by atoms with Crippen molar-refractivity contribution >= 4 is 35.0 Å². The Balaban J connectivity index is 1.87. The number of carboxylic acid groups (broad SMARTS) is 1. The third-order valence-corrected chi connectivity index (χ3v) is 4.98. The molecule has 0 aromatic carbocycles. The van der Waals surface area contributed by atoms with E-state index in [0.717, 1.165) is 25.7 Å². The van der Waals surface area contributed by atoms with Crippen molar-refractivity contribution in [3.63, 3.8) is 0 Å². The lowest BCUT2D eigenvalue weighted by Gasteiger charge is -2.47. The van der Waals surface area contributed by atoms with E-state index in [0.29, 0.717) is 16.8 Å². The molecule has 20 heavy (non-hydrogen) atoms. The lowest BCUT2D eigenvalue weighted by Crippen LogP contribution is -2.51. The predicted octanol–water partition coefficient (Wildman–Crippen LogP) is 3.08. The van der Waals surface area contributed by atoms with Crippen molar-refractivity contribution in [1.82, 2.24) is 9.97 Å². The first kappa shape index (κ1) is 13.9. The van der Waals surface area contributed by atoms with Crippen LogP contribution in [0.5, 0.6) is 0 Å². The highest BCUT2D eigenvalue weighted by molar-refractivity contribution is 6.33. The first-order valence-corrected chi connectivity index (χ1v) is 7.49. The zero-order chi connectivity index (χ0) is 14.3. The molecule has 0 saturated heterocycles. The molecule has 3 saturated carbocycles. The number of nitrogens with zero attached hydrogens (tertiary/aromatic N) is 2. The van der Waals surface area contributed by atoms with Crippen molar-refractivity contribution in [2.45, 2.75) is 31.7 Å². The monoisotopic (exact) mass is 315 g/mol. The molecule has 0 aliphatic heterocycles. The largest absolute Gasteiger partial charge is 0.481 e. The second-order valence-electron chi connectivity index (χ2n) is 5.54. The van der Waals surface area contributed by atoms with Gasteiger partial charge >= 0.3 is 5.97 Å². The van der Waals surface area contributed by atoms with E-state index in [1.54, 1.807) is 0 Å². The van der Waals surface area contributed by atoms with Crippen LogP contribution in [0.2, 0.25) is 10.3 Å². The van der Waals surface area contributed by atoms with Crippen molar-refractivity contribution in [2.24, 2.45) is 17.8 Å². The molecule has 2 bridgehead atoms. The second kappa shape index (κ2) is 5.37. The van der Waals surface area contributed by atoms with Gasteiger partial charge in [0.05, 0.1) is 12.1 Å². The van der Waals surface area contributed by atoms with E-state index in [1.807, 2.05) is 0 Å². The van der Waals surface area contributed by atoms with E-state index >= 15 is 0 Å². The quantitative estimate of drug-likeness (QED) is 0.838. The molecule has 0 radical (unpaired) electrons. The standard InChI is InChI=1S/C13H15Cl2N3O2/c14-8-5-16-13(15)18-11(8)17-10-7-3-1-6(2-4-7)9(10)12(19)20/h5-7,9-10H,1-4H2,(H,19,20)(H,16,17,18). The molecule has 4 rings (SSSR count). The molecule has 0 spiro atoms. The maximum Gasteiger partial charge on any atom is 0.308 e. The van der Waals surface area contributed by atoms with Gasteiger partial charge < -0.3 is 10.4 Å². The number of anilines is 1. The van der Waals surface area contributed by atoms with Crippen LogP contribution in [0.4, 0.5) is 5.82 Å². The van der Waals surface area contributed by atoms with Crippen molar-refractivity contribution in [1.29, 1.82) is 0 Å². The number of hydrogen-bond donors (Lipinski definition) is 2. The second-order valence-corrected chi connectivity index (χ2v) is 6.29. The number of aromatic nitrogens is 2. The number of hydrogen-bond acceptors (Lipinski definition) is 4. The van der Waals surface area contributed by atoms with Gasteiger partial charge in [-0.2, -0.15) is 4.98 Å². The van der Waals surface area contributed by atoms with Crippen LogP contribution >= 0.6 is 23.2 Å². The first-order chi connectivity index (χ1) is 9.56. The predicted molar refractivity (Wildman–Crippen MR) is 76.0 cm³/mol. The third-order valence-electron chi connectivity index (χ3n) is 4.52. The number of rotatable bonds is 3. The average Bonchev–Trinajstić information content (AvgIpc) is 2.43. The Morgan fingerprint density at radius 1 is 1.25 bits per heavy atom.